The van der Waals surface area contributed by atoms with E-state index in [1.54, 1.807) is 26.0 Å². The van der Waals surface area contributed by atoms with Crippen molar-refractivity contribution in [3.8, 4) is 0 Å². The molecule has 0 radical (unpaired) electrons. The van der Waals surface area contributed by atoms with Crippen molar-refractivity contribution in [2.45, 2.75) is 20.3 Å². The van der Waals surface area contributed by atoms with E-state index in [4.69, 9.17) is 4.74 Å². The summed E-state index contributed by atoms with van der Waals surface area (Å²) >= 11 is 0. The Morgan fingerprint density at radius 2 is 2.19 bits per heavy atom. The topological polar surface area (TPSA) is 69.4 Å². The molecule has 0 bridgehead atoms. The van der Waals surface area contributed by atoms with Crippen LogP contribution in [0.25, 0.3) is 0 Å². The number of rotatable bonds is 4. The number of nitro benzene ring substituents is 1. The average Bonchev–Trinajstić information content (AvgIpc) is 2.21. The van der Waals surface area contributed by atoms with E-state index in [0.717, 1.165) is 0 Å². The number of carbonyl (C=O) groups is 1. The van der Waals surface area contributed by atoms with Gasteiger partial charge in [-0.25, -0.2) is 0 Å². The summed E-state index contributed by atoms with van der Waals surface area (Å²) in [6.07, 6.45) is 0.0644. The fourth-order valence-corrected chi connectivity index (χ4v) is 1.34. The molecule has 86 valence electrons. The number of ether oxygens (including phenoxy) is 1. The summed E-state index contributed by atoms with van der Waals surface area (Å²) in [5.41, 5.74) is 1.20. The zero-order valence-corrected chi connectivity index (χ0v) is 9.23. The predicted molar refractivity (Wildman–Crippen MR) is 58.2 cm³/mol. The second kappa shape index (κ2) is 5.25. The second-order valence-electron chi connectivity index (χ2n) is 3.36. The molecule has 1 aromatic carbocycles. The number of benzene rings is 1. The molecule has 0 spiro atoms. The number of nitro groups is 1. The van der Waals surface area contributed by atoms with Gasteiger partial charge in [0.15, 0.2) is 0 Å². The first-order valence-corrected chi connectivity index (χ1v) is 4.94. The van der Waals surface area contributed by atoms with Crippen molar-refractivity contribution in [3.63, 3.8) is 0 Å². The highest BCUT2D eigenvalue weighted by Crippen LogP contribution is 2.19. The van der Waals surface area contributed by atoms with Gasteiger partial charge < -0.3 is 4.74 Å². The maximum Gasteiger partial charge on any atom is 0.310 e. The van der Waals surface area contributed by atoms with Gasteiger partial charge in [-0.2, -0.15) is 0 Å². The molecule has 0 aliphatic carbocycles. The van der Waals surface area contributed by atoms with E-state index in [2.05, 4.69) is 0 Å². The van der Waals surface area contributed by atoms with Crippen molar-refractivity contribution in [1.29, 1.82) is 0 Å². The molecule has 0 aliphatic rings. The smallest absolute Gasteiger partial charge is 0.310 e. The van der Waals surface area contributed by atoms with Gasteiger partial charge in [0, 0.05) is 11.6 Å². The molecule has 0 saturated carbocycles. The average molecular weight is 223 g/mol. The van der Waals surface area contributed by atoms with Gasteiger partial charge in [-0.15, -0.1) is 0 Å². The van der Waals surface area contributed by atoms with Crippen LogP contribution in [0.2, 0.25) is 0 Å². The summed E-state index contributed by atoms with van der Waals surface area (Å²) in [4.78, 5) is 21.4. The molecule has 5 heteroatoms. The third-order valence-corrected chi connectivity index (χ3v) is 2.12. The molecule has 0 N–H and O–H groups in total. The lowest BCUT2D eigenvalue weighted by Gasteiger charge is -2.03. The molecule has 0 fully saturated rings. The molecule has 16 heavy (non-hydrogen) atoms. The van der Waals surface area contributed by atoms with Crippen LogP contribution in [0.3, 0.4) is 0 Å². The Labute approximate surface area is 93.2 Å². The summed E-state index contributed by atoms with van der Waals surface area (Å²) in [5.74, 6) is -0.374. The first-order valence-electron chi connectivity index (χ1n) is 4.94. The van der Waals surface area contributed by atoms with E-state index in [0.29, 0.717) is 17.7 Å². The maximum atomic E-state index is 11.2. The van der Waals surface area contributed by atoms with E-state index >= 15 is 0 Å². The van der Waals surface area contributed by atoms with Crippen molar-refractivity contribution < 1.29 is 14.5 Å². The first kappa shape index (κ1) is 12.2. The quantitative estimate of drug-likeness (QED) is 0.444. The van der Waals surface area contributed by atoms with Gasteiger partial charge in [0.25, 0.3) is 5.69 Å². The minimum absolute atomic E-state index is 0.0294. The van der Waals surface area contributed by atoms with Crippen LogP contribution in [-0.2, 0) is 16.0 Å². The highest BCUT2D eigenvalue weighted by Gasteiger charge is 2.12. The number of hydrogen-bond donors (Lipinski definition) is 0. The van der Waals surface area contributed by atoms with Crippen molar-refractivity contribution in [1.82, 2.24) is 0 Å². The maximum absolute atomic E-state index is 11.2. The molecule has 0 amide bonds. The molecule has 1 rings (SSSR count). The standard InChI is InChI=1S/C11H13NO4/c1-3-16-11(13)7-9-5-4-8(2)10(6-9)12(14)15/h4-6H,3,7H2,1-2H3. The van der Waals surface area contributed by atoms with Crippen LogP contribution in [0.5, 0.6) is 0 Å². The Kier molecular flexibility index (Phi) is 3.99. The molecule has 0 saturated heterocycles. The molecule has 0 heterocycles. The second-order valence-corrected chi connectivity index (χ2v) is 3.36. The third-order valence-electron chi connectivity index (χ3n) is 2.12. The molecule has 0 aliphatic heterocycles. The Balaban J connectivity index is 2.87. The lowest BCUT2D eigenvalue weighted by Crippen LogP contribution is -2.07. The normalized spacial score (nSPS) is 9.88. The first-order chi connectivity index (χ1) is 7.54. The molecule has 0 unspecified atom stereocenters. The predicted octanol–water partition coefficient (Wildman–Crippen LogP) is 2.01. The van der Waals surface area contributed by atoms with E-state index < -0.39 is 4.92 Å². The minimum Gasteiger partial charge on any atom is -0.466 e. The van der Waals surface area contributed by atoms with Gasteiger partial charge in [-0.3, -0.25) is 14.9 Å². The Morgan fingerprint density at radius 1 is 1.50 bits per heavy atom. The van der Waals surface area contributed by atoms with Crippen molar-refractivity contribution >= 4 is 11.7 Å². The molecular weight excluding hydrogens is 210 g/mol. The van der Waals surface area contributed by atoms with Crippen LogP contribution >= 0.6 is 0 Å². The number of aryl methyl sites for hydroxylation is 1. The van der Waals surface area contributed by atoms with Crippen molar-refractivity contribution in [2.75, 3.05) is 6.61 Å². The summed E-state index contributed by atoms with van der Waals surface area (Å²) in [5, 5.41) is 10.7. The Hall–Kier alpha value is -1.91. The number of nitrogens with zero attached hydrogens (tertiary/aromatic N) is 1. The van der Waals surface area contributed by atoms with E-state index in [1.165, 1.54) is 6.07 Å². The minimum atomic E-state index is -0.454. The summed E-state index contributed by atoms with van der Waals surface area (Å²) < 4.78 is 4.77. The molecule has 1 aromatic rings. The van der Waals surface area contributed by atoms with Crippen LogP contribution in [0.15, 0.2) is 18.2 Å². The van der Waals surface area contributed by atoms with Crippen LogP contribution < -0.4 is 0 Å². The lowest BCUT2D eigenvalue weighted by atomic mass is 10.1. The van der Waals surface area contributed by atoms with Gasteiger partial charge >= 0.3 is 5.97 Å². The van der Waals surface area contributed by atoms with Crippen LogP contribution in [0, 0.1) is 17.0 Å². The Bertz CT molecular complexity index is 414. The molecular formula is C11H13NO4. The third kappa shape index (κ3) is 3.05. The van der Waals surface area contributed by atoms with Crippen molar-refractivity contribution in [2.24, 2.45) is 0 Å². The number of hydrogen-bond acceptors (Lipinski definition) is 4. The van der Waals surface area contributed by atoms with Gasteiger partial charge in [-0.05, 0) is 19.4 Å². The van der Waals surface area contributed by atoms with E-state index in [9.17, 15) is 14.9 Å². The van der Waals surface area contributed by atoms with E-state index in [-0.39, 0.29) is 18.1 Å². The van der Waals surface area contributed by atoms with Crippen LogP contribution in [0.1, 0.15) is 18.1 Å². The summed E-state index contributed by atoms with van der Waals surface area (Å²) in [6, 6.07) is 4.73. The van der Waals surface area contributed by atoms with Crippen molar-refractivity contribution in [3.05, 3.63) is 39.4 Å². The fourth-order valence-electron chi connectivity index (χ4n) is 1.34. The summed E-state index contributed by atoms with van der Waals surface area (Å²) in [6.45, 7) is 3.69. The molecule has 5 nitrogen and oxygen atoms in total. The number of carbonyl (C=O) groups excluding carboxylic acids is 1. The Morgan fingerprint density at radius 3 is 2.75 bits per heavy atom. The zero-order chi connectivity index (χ0) is 12.1. The monoisotopic (exact) mass is 223 g/mol. The van der Waals surface area contributed by atoms with Crippen LogP contribution in [-0.4, -0.2) is 17.5 Å². The zero-order valence-electron chi connectivity index (χ0n) is 9.23. The molecule has 0 aromatic heterocycles. The van der Waals surface area contributed by atoms with Gasteiger partial charge in [-0.1, -0.05) is 12.1 Å². The number of esters is 1. The van der Waals surface area contributed by atoms with Crippen LogP contribution in [0.4, 0.5) is 5.69 Å². The largest absolute Gasteiger partial charge is 0.466 e. The van der Waals surface area contributed by atoms with Gasteiger partial charge in [0.2, 0.25) is 0 Å². The van der Waals surface area contributed by atoms with E-state index in [1.807, 2.05) is 0 Å². The SMILES string of the molecule is CCOC(=O)Cc1ccc(C)c([N+](=O)[O-])c1. The van der Waals surface area contributed by atoms with Gasteiger partial charge in [0.05, 0.1) is 18.0 Å². The van der Waals surface area contributed by atoms with Gasteiger partial charge in [0.1, 0.15) is 0 Å². The molecule has 0 atom stereocenters. The summed E-state index contributed by atoms with van der Waals surface area (Å²) in [7, 11) is 0. The lowest BCUT2D eigenvalue weighted by molar-refractivity contribution is -0.385. The highest BCUT2D eigenvalue weighted by atomic mass is 16.6. The fraction of sp³-hybridized carbons (Fsp3) is 0.364. The highest BCUT2D eigenvalue weighted by molar-refractivity contribution is 5.72.